The fourth-order valence-electron chi connectivity index (χ4n) is 2.91. The highest BCUT2D eigenvalue weighted by Gasteiger charge is 2.17. The number of urea groups is 1. The number of nitrogen functional groups attached to an aromatic ring is 1. The summed E-state index contributed by atoms with van der Waals surface area (Å²) < 4.78 is 2.06. The van der Waals surface area contributed by atoms with Crippen molar-refractivity contribution in [3.63, 3.8) is 0 Å². The number of unbranched alkanes of at least 4 members (excludes halogenated alkanes) is 1. The zero-order chi connectivity index (χ0) is 17.8. The molecule has 2 amide bonds. The molecule has 0 fully saturated rings. The van der Waals surface area contributed by atoms with Crippen molar-refractivity contribution < 1.29 is 9.90 Å². The number of para-hydroxylation sites is 1. The van der Waals surface area contributed by atoms with E-state index in [1.54, 1.807) is 7.05 Å². The molecular weight excluding hydrogens is 320 g/mol. The first kappa shape index (κ1) is 17.0. The average molecular weight is 342 g/mol. The van der Waals surface area contributed by atoms with Crippen LogP contribution in [0, 0.1) is 0 Å². The van der Waals surface area contributed by atoms with E-state index in [2.05, 4.69) is 25.2 Å². The highest BCUT2D eigenvalue weighted by molar-refractivity contribution is 6.06. The molecule has 2 heterocycles. The number of carbonyl (C=O) groups excluding carboxylic acids is 1. The molecule has 3 rings (SSSR count). The zero-order valence-electron chi connectivity index (χ0n) is 14.1. The van der Waals surface area contributed by atoms with Crippen LogP contribution in [-0.4, -0.2) is 39.3 Å². The first-order valence-corrected chi connectivity index (χ1v) is 8.25. The van der Waals surface area contributed by atoms with Crippen LogP contribution in [0.1, 0.15) is 18.7 Å². The maximum Gasteiger partial charge on any atom is 0.314 e. The van der Waals surface area contributed by atoms with Gasteiger partial charge in [0.1, 0.15) is 11.3 Å². The van der Waals surface area contributed by atoms with Crippen molar-refractivity contribution in [2.45, 2.75) is 25.9 Å². The van der Waals surface area contributed by atoms with E-state index in [0.29, 0.717) is 30.1 Å². The van der Waals surface area contributed by atoms with Gasteiger partial charge in [-0.15, -0.1) is 0 Å². The minimum atomic E-state index is -0.273. The predicted molar refractivity (Wildman–Crippen MR) is 97.1 cm³/mol. The number of aliphatic hydroxyl groups excluding tert-OH is 1. The summed E-state index contributed by atoms with van der Waals surface area (Å²) in [5.41, 5.74) is 8.47. The van der Waals surface area contributed by atoms with Gasteiger partial charge in [0.2, 0.25) is 0 Å². The Balaban J connectivity index is 2.13. The second-order valence-corrected chi connectivity index (χ2v) is 5.75. The number of nitrogens with one attached hydrogen (secondary N) is 2. The molecule has 0 unspecified atom stereocenters. The Hall–Kier alpha value is -2.87. The number of nitrogens with two attached hydrogens (primary N) is 1. The lowest BCUT2D eigenvalue weighted by Crippen LogP contribution is -2.33. The van der Waals surface area contributed by atoms with Crippen LogP contribution >= 0.6 is 0 Å². The van der Waals surface area contributed by atoms with Crippen molar-refractivity contribution in [3.8, 4) is 0 Å². The van der Waals surface area contributed by atoms with Crippen LogP contribution < -0.4 is 16.4 Å². The number of amides is 2. The van der Waals surface area contributed by atoms with Crippen molar-refractivity contribution in [3.05, 3.63) is 30.1 Å². The van der Waals surface area contributed by atoms with E-state index < -0.39 is 0 Å². The molecule has 2 aromatic heterocycles. The summed E-state index contributed by atoms with van der Waals surface area (Å²) in [5.74, 6) is 1.08. The Labute approximate surface area is 145 Å². The number of carbonyl (C=O) groups is 1. The van der Waals surface area contributed by atoms with E-state index in [1.807, 2.05) is 24.3 Å². The normalized spacial score (nSPS) is 11.1. The van der Waals surface area contributed by atoms with E-state index in [0.717, 1.165) is 22.8 Å². The molecule has 0 atom stereocenters. The summed E-state index contributed by atoms with van der Waals surface area (Å²) in [6.07, 6.45) is 1.49. The maximum atomic E-state index is 11.5. The highest BCUT2D eigenvalue weighted by Crippen LogP contribution is 2.29. The van der Waals surface area contributed by atoms with Crippen LogP contribution in [0.15, 0.2) is 24.3 Å². The van der Waals surface area contributed by atoms with Crippen molar-refractivity contribution in [2.24, 2.45) is 0 Å². The first-order chi connectivity index (χ1) is 12.2. The molecule has 1 aromatic carbocycles. The summed E-state index contributed by atoms with van der Waals surface area (Å²) >= 11 is 0. The molecule has 0 radical (unpaired) electrons. The molecule has 0 saturated carbocycles. The number of aryl methyl sites for hydroxylation is 1. The van der Waals surface area contributed by atoms with Crippen LogP contribution in [0.25, 0.3) is 21.9 Å². The second kappa shape index (κ2) is 7.35. The lowest BCUT2D eigenvalue weighted by atomic mass is 10.2. The summed E-state index contributed by atoms with van der Waals surface area (Å²) in [6.45, 7) is 1.10. The minimum Gasteiger partial charge on any atom is -0.396 e. The number of aromatic nitrogens is 3. The Morgan fingerprint density at radius 2 is 2.08 bits per heavy atom. The summed E-state index contributed by atoms with van der Waals surface area (Å²) in [6, 6.07) is 7.50. The van der Waals surface area contributed by atoms with Crippen molar-refractivity contribution in [1.29, 1.82) is 0 Å². The van der Waals surface area contributed by atoms with Gasteiger partial charge in [0.15, 0.2) is 5.82 Å². The second-order valence-electron chi connectivity index (χ2n) is 5.75. The van der Waals surface area contributed by atoms with E-state index in [1.165, 1.54) is 0 Å². The fraction of sp³-hybridized carbons (Fsp3) is 0.353. The Kier molecular flexibility index (Phi) is 4.99. The first-order valence-electron chi connectivity index (χ1n) is 8.25. The van der Waals surface area contributed by atoms with Gasteiger partial charge < -0.3 is 26.0 Å². The smallest absolute Gasteiger partial charge is 0.314 e. The maximum absolute atomic E-state index is 11.5. The number of rotatable bonds is 6. The van der Waals surface area contributed by atoms with Crippen LogP contribution in [-0.2, 0) is 13.1 Å². The topological polar surface area (TPSA) is 118 Å². The van der Waals surface area contributed by atoms with Gasteiger partial charge in [-0.2, -0.15) is 0 Å². The fourth-order valence-corrected chi connectivity index (χ4v) is 2.91. The number of hydrogen-bond donors (Lipinski definition) is 4. The predicted octanol–water partition coefficient (Wildman–Crippen LogP) is 1.37. The Morgan fingerprint density at radius 1 is 1.28 bits per heavy atom. The van der Waals surface area contributed by atoms with Crippen LogP contribution in [0.3, 0.4) is 0 Å². The molecule has 0 aliphatic heterocycles. The van der Waals surface area contributed by atoms with Crippen molar-refractivity contribution >= 4 is 33.8 Å². The molecule has 0 aliphatic rings. The zero-order valence-corrected chi connectivity index (χ0v) is 14.1. The number of hydrogen-bond acceptors (Lipinski definition) is 5. The molecule has 25 heavy (non-hydrogen) atoms. The number of imidazole rings is 1. The molecule has 0 spiro atoms. The summed E-state index contributed by atoms with van der Waals surface area (Å²) in [5, 5.41) is 15.3. The molecule has 0 aliphatic carbocycles. The number of anilines is 1. The van der Waals surface area contributed by atoms with Crippen LogP contribution in [0.2, 0.25) is 0 Å². The minimum absolute atomic E-state index is 0.142. The van der Waals surface area contributed by atoms with E-state index in [4.69, 9.17) is 10.8 Å². The summed E-state index contributed by atoms with van der Waals surface area (Å²) in [7, 11) is 1.56. The third kappa shape index (κ3) is 3.34. The average Bonchev–Trinajstić information content (AvgIpc) is 2.99. The van der Waals surface area contributed by atoms with Crippen molar-refractivity contribution in [1.82, 2.24) is 25.2 Å². The third-order valence-corrected chi connectivity index (χ3v) is 4.11. The molecular formula is C17H22N6O2. The number of aliphatic hydroxyl groups is 1. The number of nitrogens with zero attached hydrogens (tertiary/aromatic N) is 3. The van der Waals surface area contributed by atoms with Gasteiger partial charge in [-0.3, -0.25) is 0 Å². The lowest BCUT2D eigenvalue weighted by Gasteiger charge is -2.11. The molecule has 8 heteroatoms. The summed E-state index contributed by atoms with van der Waals surface area (Å²) in [4.78, 5) is 20.6. The largest absolute Gasteiger partial charge is 0.396 e. The molecule has 8 nitrogen and oxygen atoms in total. The van der Waals surface area contributed by atoms with Gasteiger partial charge in [-0.05, 0) is 18.9 Å². The number of fused-ring (bicyclic) bond motifs is 3. The number of pyridine rings is 1. The molecule has 0 saturated heterocycles. The molecule has 0 bridgehead atoms. The number of benzene rings is 1. The Bertz CT molecular complexity index is 905. The van der Waals surface area contributed by atoms with Crippen LogP contribution in [0.5, 0.6) is 0 Å². The lowest BCUT2D eigenvalue weighted by molar-refractivity contribution is 0.242. The molecule has 132 valence electrons. The SMILES string of the molecule is CNC(=O)NCc1nc2c(N)nc3ccccc3c2n1CCCCO. The third-order valence-electron chi connectivity index (χ3n) is 4.11. The van der Waals surface area contributed by atoms with Crippen LogP contribution in [0.4, 0.5) is 10.6 Å². The van der Waals surface area contributed by atoms with Gasteiger partial charge in [0.25, 0.3) is 0 Å². The van der Waals surface area contributed by atoms with E-state index in [9.17, 15) is 4.79 Å². The molecule has 3 aromatic rings. The van der Waals surface area contributed by atoms with E-state index in [-0.39, 0.29) is 19.2 Å². The van der Waals surface area contributed by atoms with Crippen molar-refractivity contribution in [2.75, 3.05) is 19.4 Å². The van der Waals surface area contributed by atoms with Gasteiger partial charge in [0, 0.05) is 25.6 Å². The Morgan fingerprint density at radius 3 is 2.84 bits per heavy atom. The van der Waals surface area contributed by atoms with E-state index >= 15 is 0 Å². The quantitative estimate of drug-likeness (QED) is 0.505. The standard InChI is InChI=1S/C17H22N6O2/c1-19-17(25)20-10-13-22-14-15(23(13)8-4-5-9-24)11-6-2-3-7-12(11)21-16(14)18/h2-3,6-7,24H,4-5,8-10H2,1H3,(H2,18,21)(H2,19,20,25). The van der Waals surface area contributed by atoms with Gasteiger partial charge in [-0.25, -0.2) is 14.8 Å². The van der Waals surface area contributed by atoms with Gasteiger partial charge in [-0.1, -0.05) is 18.2 Å². The van der Waals surface area contributed by atoms with Gasteiger partial charge >= 0.3 is 6.03 Å². The van der Waals surface area contributed by atoms with Gasteiger partial charge in [0.05, 0.1) is 17.6 Å². The monoisotopic (exact) mass is 342 g/mol. The molecule has 5 N–H and O–H groups in total. The highest BCUT2D eigenvalue weighted by atomic mass is 16.2.